The molecule has 2 aromatic heterocycles. The summed E-state index contributed by atoms with van der Waals surface area (Å²) in [7, 11) is 0. The van der Waals surface area contributed by atoms with Crippen molar-refractivity contribution in [3.63, 3.8) is 0 Å². The summed E-state index contributed by atoms with van der Waals surface area (Å²) in [6.45, 7) is 1.61. The Kier molecular flexibility index (Phi) is 7.21. The maximum Gasteiger partial charge on any atom is 0.393 e. The first-order valence-corrected chi connectivity index (χ1v) is 12.4. The van der Waals surface area contributed by atoms with Gasteiger partial charge < -0.3 is 9.80 Å². The van der Waals surface area contributed by atoms with Crippen molar-refractivity contribution in [1.29, 1.82) is 5.26 Å². The number of nitrogens with one attached hydrogen (secondary N) is 1. The third kappa shape index (κ3) is 5.78. The van der Waals surface area contributed by atoms with Crippen molar-refractivity contribution in [2.75, 3.05) is 31.1 Å². The van der Waals surface area contributed by atoms with Crippen LogP contribution in [0.3, 0.4) is 0 Å². The lowest BCUT2D eigenvalue weighted by molar-refractivity contribution is -0.127. The maximum atomic E-state index is 14.8. The van der Waals surface area contributed by atoms with Crippen molar-refractivity contribution < 1.29 is 22.4 Å². The molecule has 3 heterocycles. The zero-order valence-corrected chi connectivity index (χ0v) is 21.0. The topological polar surface area (TPSA) is 106 Å². The van der Waals surface area contributed by atoms with Gasteiger partial charge in [-0.25, -0.2) is 14.5 Å². The number of hydrogen-bond donors (Lipinski definition) is 1. The predicted octanol–water partition coefficient (Wildman–Crippen LogP) is 3.99. The van der Waals surface area contributed by atoms with Gasteiger partial charge >= 0.3 is 6.18 Å². The molecule has 4 aromatic rings. The fourth-order valence-electron chi connectivity index (χ4n) is 4.73. The number of H-pyrrole nitrogens is 1. The molecular formula is C28H22F4N6O2. The van der Waals surface area contributed by atoms with Crippen molar-refractivity contribution in [1.82, 2.24) is 20.1 Å². The number of pyridine rings is 1. The van der Waals surface area contributed by atoms with Crippen LogP contribution in [-0.2, 0) is 12.8 Å². The number of carbonyl (C=O) groups excluding carboxylic acids is 1. The Morgan fingerprint density at radius 1 is 1.00 bits per heavy atom. The number of carbonyl (C=O) groups is 1. The molecule has 0 saturated carbocycles. The van der Waals surface area contributed by atoms with Gasteiger partial charge in [-0.3, -0.25) is 9.59 Å². The standard InChI is InChI=1S/C28H22F4N6O2/c29-23-5-2-17(13-24-21-12-18(14-28(30,31)32)1-4-20(21)26(39)36-35-24)11-22(23)27(40)38-9-7-37(8-10-38)25-6-3-19(15-33)16-34-25/h1-6,11-12,16H,7-10,13-14H2,(H,36,39). The van der Waals surface area contributed by atoms with Crippen LogP contribution in [0.15, 0.2) is 59.5 Å². The highest BCUT2D eigenvalue weighted by atomic mass is 19.4. The number of nitrogens with zero attached hydrogens (tertiary/aromatic N) is 5. The monoisotopic (exact) mass is 550 g/mol. The van der Waals surface area contributed by atoms with E-state index in [2.05, 4.69) is 15.2 Å². The SMILES string of the molecule is N#Cc1ccc(N2CCN(C(=O)c3cc(Cc4n[nH]c(=O)c5ccc(CC(F)(F)F)cc45)ccc3F)CC2)nc1. The fourth-order valence-corrected chi connectivity index (χ4v) is 4.73. The summed E-state index contributed by atoms with van der Waals surface area (Å²) >= 11 is 0. The molecule has 0 atom stereocenters. The normalized spacial score (nSPS) is 13.9. The Morgan fingerprint density at radius 3 is 2.42 bits per heavy atom. The Balaban J connectivity index is 1.35. The van der Waals surface area contributed by atoms with Gasteiger partial charge in [-0.05, 0) is 47.5 Å². The summed E-state index contributed by atoms with van der Waals surface area (Å²) < 4.78 is 53.6. The second-order valence-electron chi connectivity index (χ2n) is 9.46. The van der Waals surface area contributed by atoms with Crippen LogP contribution >= 0.6 is 0 Å². The van der Waals surface area contributed by atoms with E-state index in [4.69, 9.17) is 5.26 Å². The van der Waals surface area contributed by atoms with E-state index in [1.54, 1.807) is 17.0 Å². The first kappa shape index (κ1) is 26.8. The van der Waals surface area contributed by atoms with Gasteiger partial charge in [0, 0.05) is 44.2 Å². The van der Waals surface area contributed by atoms with E-state index in [1.807, 2.05) is 11.0 Å². The zero-order valence-electron chi connectivity index (χ0n) is 21.0. The number of halogens is 4. The number of anilines is 1. The van der Waals surface area contributed by atoms with E-state index in [1.165, 1.54) is 42.6 Å². The van der Waals surface area contributed by atoms with E-state index in [9.17, 15) is 27.2 Å². The lowest BCUT2D eigenvalue weighted by Gasteiger charge is -2.35. The molecule has 1 N–H and O–H groups in total. The number of hydrogen-bond acceptors (Lipinski definition) is 6. The van der Waals surface area contributed by atoms with Gasteiger partial charge in [0.05, 0.1) is 28.6 Å². The van der Waals surface area contributed by atoms with Gasteiger partial charge in [-0.15, -0.1) is 0 Å². The number of piperazine rings is 1. The number of rotatable bonds is 5. The second kappa shape index (κ2) is 10.8. The number of alkyl halides is 3. The molecule has 0 radical (unpaired) electrons. The van der Waals surface area contributed by atoms with Crippen LogP contribution in [0.4, 0.5) is 23.4 Å². The van der Waals surface area contributed by atoms with Crippen LogP contribution in [0.2, 0.25) is 0 Å². The first-order chi connectivity index (χ1) is 19.1. The molecule has 0 spiro atoms. The van der Waals surface area contributed by atoms with Crippen molar-refractivity contribution in [2.24, 2.45) is 0 Å². The molecule has 1 aliphatic rings. The van der Waals surface area contributed by atoms with E-state index in [-0.39, 0.29) is 28.3 Å². The van der Waals surface area contributed by atoms with Crippen molar-refractivity contribution >= 4 is 22.5 Å². The number of fused-ring (bicyclic) bond motifs is 1. The van der Waals surface area contributed by atoms with Crippen molar-refractivity contribution in [2.45, 2.75) is 19.0 Å². The first-order valence-electron chi connectivity index (χ1n) is 12.4. The van der Waals surface area contributed by atoms with Crippen LogP contribution in [0.1, 0.15) is 32.7 Å². The molecule has 8 nitrogen and oxygen atoms in total. The molecule has 204 valence electrons. The van der Waals surface area contributed by atoms with Crippen LogP contribution in [0.5, 0.6) is 0 Å². The lowest BCUT2D eigenvalue weighted by atomic mass is 10.00. The van der Waals surface area contributed by atoms with E-state index < -0.39 is 29.9 Å². The summed E-state index contributed by atoms with van der Waals surface area (Å²) in [5.74, 6) is -0.506. The average Bonchev–Trinajstić information content (AvgIpc) is 2.94. The Labute approximate surface area is 225 Å². The van der Waals surface area contributed by atoms with Crippen molar-refractivity contribution in [3.05, 3.63) is 98.8 Å². The van der Waals surface area contributed by atoms with E-state index in [0.29, 0.717) is 48.8 Å². The largest absolute Gasteiger partial charge is 0.393 e. The molecule has 1 saturated heterocycles. The van der Waals surface area contributed by atoms with Gasteiger partial charge in [0.2, 0.25) is 0 Å². The predicted molar refractivity (Wildman–Crippen MR) is 138 cm³/mol. The molecule has 1 aliphatic heterocycles. The van der Waals surface area contributed by atoms with Gasteiger partial charge in [0.1, 0.15) is 17.7 Å². The molecular weight excluding hydrogens is 528 g/mol. The van der Waals surface area contributed by atoms with Gasteiger partial charge in [-0.2, -0.15) is 23.5 Å². The van der Waals surface area contributed by atoms with E-state index >= 15 is 0 Å². The molecule has 5 rings (SSSR count). The quantitative estimate of drug-likeness (QED) is 0.377. The molecule has 0 unspecified atom stereocenters. The number of amides is 1. The smallest absolute Gasteiger partial charge is 0.353 e. The van der Waals surface area contributed by atoms with Gasteiger partial charge in [-0.1, -0.05) is 12.1 Å². The number of aromatic nitrogens is 3. The fraction of sp³-hybridized carbons (Fsp3) is 0.250. The van der Waals surface area contributed by atoms with Crippen LogP contribution < -0.4 is 10.5 Å². The maximum absolute atomic E-state index is 14.8. The Bertz CT molecular complexity index is 1670. The summed E-state index contributed by atoms with van der Waals surface area (Å²) in [5.41, 5.74) is 0.565. The minimum absolute atomic E-state index is 0.0148. The number of nitriles is 1. The summed E-state index contributed by atoms with van der Waals surface area (Å²) in [4.78, 5) is 33.2. The Hall–Kier alpha value is -4.79. The molecule has 1 amide bonds. The number of aromatic amines is 1. The minimum Gasteiger partial charge on any atom is -0.353 e. The second-order valence-corrected chi connectivity index (χ2v) is 9.46. The van der Waals surface area contributed by atoms with Gasteiger partial charge in [0.15, 0.2) is 0 Å². The Morgan fingerprint density at radius 2 is 1.75 bits per heavy atom. The van der Waals surface area contributed by atoms with Crippen LogP contribution in [0.25, 0.3) is 10.8 Å². The molecule has 1 fully saturated rings. The zero-order chi connectivity index (χ0) is 28.4. The minimum atomic E-state index is -4.42. The molecule has 0 aliphatic carbocycles. The van der Waals surface area contributed by atoms with Crippen LogP contribution in [-0.4, -0.2) is 58.3 Å². The molecule has 12 heteroatoms. The highest BCUT2D eigenvalue weighted by Crippen LogP contribution is 2.25. The average molecular weight is 551 g/mol. The highest BCUT2D eigenvalue weighted by Gasteiger charge is 2.28. The van der Waals surface area contributed by atoms with Gasteiger partial charge in [0.25, 0.3) is 11.5 Å². The van der Waals surface area contributed by atoms with Crippen LogP contribution in [0, 0.1) is 17.1 Å². The summed E-state index contributed by atoms with van der Waals surface area (Å²) in [5, 5.41) is 15.8. The highest BCUT2D eigenvalue weighted by molar-refractivity contribution is 5.95. The van der Waals surface area contributed by atoms with E-state index in [0.717, 1.165) is 0 Å². The third-order valence-electron chi connectivity index (χ3n) is 6.74. The molecule has 40 heavy (non-hydrogen) atoms. The number of benzene rings is 2. The lowest BCUT2D eigenvalue weighted by Crippen LogP contribution is -2.49. The molecule has 0 bridgehead atoms. The van der Waals surface area contributed by atoms with Crippen molar-refractivity contribution in [3.8, 4) is 6.07 Å². The third-order valence-corrected chi connectivity index (χ3v) is 6.74. The summed E-state index contributed by atoms with van der Waals surface area (Å²) in [6.07, 6.45) is -4.04. The summed E-state index contributed by atoms with van der Waals surface area (Å²) in [6, 6.07) is 13.3. The molecule has 2 aromatic carbocycles.